The number of nitrogens with zero attached hydrogens (tertiary/aromatic N) is 1. The van der Waals surface area contributed by atoms with Crippen LogP contribution < -0.4 is 5.73 Å². The van der Waals surface area contributed by atoms with Crippen LogP contribution in [0.25, 0.3) is 0 Å². The molecule has 1 heterocycles. The minimum absolute atomic E-state index is 0.725. The highest BCUT2D eigenvalue weighted by Gasteiger charge is 2.30. The molecule has 1 saturated heterocycles. The number of hydrogen-bond acceptors (Lipinski definition) is 3. The molecule has 8 heavy (non-hydrogen) atoms. The Labute approximate surface area is 47.4 Å². The fraction of sp³-hybridized carbons (Fsp3) is 0. The topological polar surface area (TPSA) is 75.7 Å². The van der Waals surface area contributed by atoms with Crippen LogP contribution in [0.5, 0.6) is 0 Å². The lowest BCUT2D eigenvalue weighted by molar-refractivity contribution is -0.144. The molecule has 0 atom stereocenters. The Morgan fingerprint density at radius 1 is 1.62 bits per heavy atom. The van der Waals surface area contributed by atoms with Crippen molar-refractivity contribution >= 4 is 21.7 Å². The molecule has 5 nitrogen and oxygen atoms in total. The number of hydrogen-bond donors (Lipinski definition) is 1. The first kappa shape index (κ1) is 5.26. The number of amides is 2. The van der Waals surface area contributed by atoms with E-state index in [1.165, 1.54) is 0 Å². The van der Waals surface area contributed by atoms with Gasteiger partial charge in [0.05, 0.1) is 0 Å². The predicted molar refractivity (Wildman–Crippen MR) is 25.7 cm³/mol. The molecule has 1 fully saturated rings. The van der Waals surface area contributed by atoms with E-state index < -0.39 is 21.7 Å². The van der Waals surface area contributed by atoms with Gasteiger partial charge in [-0.25, -0.2) is 4.73 Å². The standard InChI is InChI=1S/C2H4N2O3Si/c3-1(5)2(6)4-7-8-4/h8H2,(H2,3,5). The largest absolute Gasteiger partial charge is 0.361 e. The minimum atomic E-state index is -0.949. The highest BCUT2D eigenvalue weighted by atomic mass is 28.3. The average molecular weight is 132 g/mol. The molecule has 0 aromatic carbocycles. The Morgan fingerprint density at radius 3 is 2.25 bits per heavy atom. The van der Waals surface area contributed by atoms with E-state index in [0.29, 0.717) is 0 Å². The third-order valence-electron chi connectivity index (χ3n) is 0.696. The third kappa shape index (κ3) is 0.847. The van der Waals surface area contributed by atoms with E-state index in [9.17, 15) is 9.59 Å². The van der Waals surface area contributed by atoms with Crippen molar-refractivity contribution < 1.29 is 14.1 Å². The first-order valence-electron chi connectivity index (χ1n) is 1.96. The van der Waals surface area contributed by atoms with Crippen molar-refractivity contribution in [1.82, 2.24) is 4.73 Å². The van der Waals surface area contributed by atoms with Crippen LogP contribution in [0.4, 0.5) is 0 Å². The van der Waals surface area contributed by atoms with Gasteiger partial charge < -0.3 is 10.3 Å². The van der Waals surface area contributed by atoms with E-state index in [2.05, 4.69) is 10.3 Å². The van der Waals surface area contributed by atoms with Crippen LogP contribution >= 0.6 is 0 Å². The van der Waals surface area contributed by atoms with Gasteiger partial charge in [-0.2, -0.15) is 0 Å². The van der Waals surface area contributed by atoms with Crippen molar-refractivity contribution in [1.29, 1.82) is 0 Å². The normalized spacial score (nSPS) is 18.8. The molecule has 1 aliphatic heterocycles. The second-order valence-corrected chi connectivity index (χ2v) is 2.40. The van der Waals surface area contributed by atoms with Crippen molar-refractivity contribution in [2.75, 3.05) is 0 Å². The van der Waals surface area contributed by atoms with Crippen molar-refractivity contribution in [3.63, 3.8) is 0 Å². The molecule has 0 aromatic rings. The van der Waals surface area contributed by atoms with Crippen molar-refractivity contribution in [3.05, 3.63) is 0 Å². The molecule has 0 bridgehead atoms. The van der Waals surface area contributed by atoms with Gasteiger partial charge in [-0.3, -0.25) is 9.59 Å². The summed E-state index contributed by atoms with van der Waals surface area (Å²) in [4.78, 5) is 20.2. The highest BCUT2D eigenvalue weighted by Crippen LogP contribution is 2.01. The summed E-state index contributed by atoms with van der Waals surface area (Å²) >= 11 is 0. The molecule has 0 aliphatic carbocycles. The summed E-state index contributed by atoms with van der Waals surface area (Å²) in [5.41, 5.74) is 4.59. The number of primary amides is 1. The Hall–Kier alpha value is -0.883. The van der Waals surface area contributed by atoms with Crippen LogP contribution in [0.1, 0.15) is 0 Å². The molecule has 44 valence electrons. The Bertz CT molecular complexity index is 142. The van der Waals surface area contributed by atoms with Gasteiger partial charge >= 0.3 is 21.7 Å². The molecule has 2 N–H and O–H groups in total. The summed E-state index contributed by atoms with van der Waals surface area (Å²) in [6, 6.07) is 0. The maximum atomic E-state index is 10.3. The quantitative estimate of drug-likeness (QED) is 0.220. The number of carbonyl (C=O) groups excluding carboxylic acids is 2. The lowest BCUT2D eigenvalue weighted by Gasteiger charge is -1.88. The second kappa shape index (κ2) is 1.56. The average Bonchev–Trinajstić information content (AvgIpc) is 2.43. The van der Waals surface area contributed by atoms with Crippen LogP contribution in [0.2, 0.25) is 0 Å². The predicted octanol–water partition coefficient (Wildman–Crippen LogP) is -2.76. The zero-order chi connectivity index (χ0) is 6.15. The Kier molecular flexibility index (Phi) is 1.03. The van der Waals surface area contributed by atoms with Gasteiger partial charge in [0.15, 0.2) is 0 Å². The van der Waals surface area contributed by atoms with E-state index in [1.54, 1.807) is 0 Å². The van der Waals surface area contributed by atoms with Gasteiger partial charge in [0, 0.05) is 0 Å². The molecule has 0 aromatic heterocycles. The first-order chi connectivity index (χ1) is 3.72. The van der Waals surface area contributed by atoms with Gasteiger partial charge in [-0.05, 0) is 0 Å². The van der Waals surface area contributed by atoms with Gasteiger partial charge in [0.2, 0.25) is 0 Å². The maximum absolute atomic E-state index is 10.3. The van der Waals surface area contributed by atoms with Crippen LogP contribution in [0, 0.1) is 0 Å². The SMILES string of the molecule is NC(=O)C(=O)N1O[SiH2]1. The van der Waals surface area contributed by atoms with E-state index in [-0.39, 0.29) is 0 Å². The van der Waals surface area contributed by atoms with Crippen molar-refractivity contribution in [3.8, 4) is 0 Å². The summed E-state index contributed by atoms with van der Waals surface area (Å²) < 4.78 is 5.47. The smallest absolute Gasteiger partial charge is 0.329 e. The molecule has 0 radical (unpaired) electrons. The molecule has 0 unspecified atom stereocenters. The summed E-state index contributed by atoms with van der Waals surface area (Å²) in [6.07, 6.45) is 0. The molecule has 1 rings (SSSR count). The fourth-order valence-electron chi connectivity index (χ4n) is 0.269. The van der Waals surface area contributed by atoms with E-state index >= 15 is 0 Å². The van der Waals surface area contributed by atoms with E-state index in [4.69, 9.17) is 0 Å². The highest BCUT2D eigenvalue weighted by molar-refractivity contribution is 6.48. The molecular formula is C2H4N2O3Si. The van der Waals surface area contributed by atoms with Crippen LogP contribution in [0.15, 0.2) is 0 Å². The molecule has 2 amide bonds. The lowest BCUT2D eigenvalue weighted by Crippen LogP contribution is -2.29. The number of nitrogens with two attached hydrogens (primary N) is 1. The summed E-state index contributed by atoms with van der Waals surface area (Å²) in [6.45, 7) is 0. The minimum Gasteiger partial charge on any atom is -0.361 e. The van der Waals surface area contributed by atoms with E-state index in [1.807, 2.05) is 0 Å². The van der Waals surface area contributed by atoms with Gasteiger partial charge in [0.25, 0.3) is 0 Å². The van der Waals surface area contributed by atoms with Gasteiger partial charge in [-0.15, -0.1) is 0 Å². The second-order valence-electron chi connectivity index (χ2n) is 1.31. The third-order valence-corrected chi connectivity index (χ3v) is 1.50. The number of hydroxylamine groups is 1. The molecule has 0 saturated carbocycles. The van der Waals surface area contributed by atoms with Crippen LogP contribution in [0.3, 0.4) is 0 Å². The van der Waals surface area contributed by atoms with Gasteiger partial charge in [0.1, 0.15) is 0 Å². The van der Waals surface area contributed by atoms with Crippen LogP contribution in [-0.4, -0.2) is 26.5 Å². The molecule has 0 spiro atoms. The summed E-state index contributed by atoms with van der Waals surface area (Å²) in [7, 11) is -0.827. The zero-order valence-corrected chi connectivity index (χ0v) is 5.37. The lowest BCUT2D eigenvalue weighted by atomic mass is 10.6. The van der Waals surface area contributed by atoms with Gasteiger partial charge in [-0.1, -0.05) is 0 Å². The molecule has 1 aliphatic rings. The summed E-state index contributed by atoms with van der Waals surface area (Å²) in [5.74, 6) is -1.67. The van der Waals surface area contributed by atoms with E-state index in [0.717, 1.165) is 4.73 Å². The zero-order valence-electron chi connectivity index (χ0n) is 3.96. The Morgan fingerprint density at radius 2 is 2.12 bits per heavy atom. The molecule has 6 heteroatoms. The van der Waals surface area contributed by atoms with Crippen LogP contribution in [-0.2, 0) is 14.1 Å². The number of carbonyl (C=O) groups is 2. The van der Waals surface area contributed by atoms with Crippen molar-refractivity contribution in [2.24, 2.45) is 5.73 Å². The summed E-state index contributed by atoms with van der Waals surface area (Å²) in [5, 5.41) is 0. The maximum Gasteiger partial charge on any atom is 0.329 e. The monoisotopic (exact) mass is 132 g/mol. The Balaban J connectivity index is 2.45. The van der Waals surface area contributed by atoms with Crippen molar-refractivity contribution in [2.45, 2.75) is 0 Å². The fourth-order valence-corrected chi connectivity index (χ4v) is 0.717. The number of rotatable bonds is 0. The molecular weight excluding hydrogens is 128 g/mol. The first-order valence-corrected chi connectivity index (χ1v) is 3.17.